The average Bonchev–Trinajstić information content (AvgIpc) is 2.13. The van der Waals surface area contributed by atoms with Crippen LogP contribution in [0.15, 0.2) is 0 Å². The van der Waals surface area contributed by atoms with Crippen LogP contribution in [0.5, 0.6) is 0 Å². The van der Waals surface area contributed by atoms with Crippen molar-refractivity contribution in [3.8, 4) is 0 Å². The molecular formula is C8H16N2O6S. The number of sulfonamides is 1. The average molecular weight is 268 g/mol. The predicted molar refractivity (Wildman–Crippen MR) is 59.0 cm³/mol. The maximum atomic E-state index is 11.2. The first-order valence-corrected chi connectivity index (χ1v) is 6.71. The van der Waals surface area contributed by atoms with Crippen LogP contribution < -0.4 is 5.73 Å². The molecular weight excluding hydrogens is 252 g/mol. The monoisotopic (exact) mass is 268 g/mol. The molecule has 1 atom stereocenters. The molecule has 0 bridgehead atoms. The molecule has 100 valence electrons. The molecule has 0 aliphatic rings. The Labute approximate surface area is 99.1 Å². The van der Waals surface area contributed by atoms with Crippen molar-refractivity contribution < 1.29 is 28.2 Å². The van der Waals surface area contributed by atoms with Gasteiger partial charge in [0.15, 0.2) is 0 Å². The van der Waals surface area contributed by atoms with E-state index in [0.717, 1.165) is 0 Å². The fourth-order valence-electron chi connectivity index (χ4n) is 1.33. The largest absolute Gasteiger partial charge is 0.480 e. The van der Waals surface area contributed by atoms with Crippen LogP contribution in [0.25, 0.3) is 0 Å². The molecule has 0 aliphatic heterocycles. The molecule has 0 saturated carbocycles. The highest BCUT2D eigenvalue weighted by Crippen LogP contribution is 2.13. The number of carbonyl (C=O) groups is 2. The minimum absolute atomic E-state index is 0.0359. The van der Waals surface area contributed by atoms with Crippen molar-refractivity contribution in [2.45, 2.75) is 25.3 Å². The highest BCUT2D eigenvalue weighted by Gasteiger charge is 2.35. The Morgan fingerprint density at radius 3 is 2.12 bits per heavy atom. The molecule has 0 unspecified atom stereocenters. The van der Waals surface area contributed by atoms with E-state index < -0.39 is 28.1 Å². The summed E-state index contributed by atoms with van der Waals surface area (Å²) >= 11 is 0. The lowest BCUT2D eigenvalue weighted by molar-refractivity contribution is -0.141. The maximum absolute atomic E-state index is 11.2. The Morgan fingerprint density at radius 2 is 1.82 bits per heavy atom. The van der Waals surface area contributed by atoms with E-state index >= 15 is 0 Å². The zero-order chi connectivity index (χ0) is 13.6. The van der Waals surface area contributed by atoms with E-state index in [2.05, 4.69) is 0 Å². The first-order chi connectivity index (χ1) is 7.71. The lowest BCUT2D eigenvalue weighted by Gasteiger charge is -2.23. The molecule has 1 amide bonds. The number of unbranched alkanes of at least 4 members (excludes halogenated alkanes) is 1. The van der Waals surface area contributed by atoms with Gasteiger partial charge in [-0.3, -0.25) is 0 Å². The molecule has 8 nitrogen and oxygen atoms in total. The van der Waals surface area contributed by atoms with E-state index in [-0.39, 0.29) is 10.7 Å². The van der Waals surface area contributed by atoms with E-state index in [1.54, 1.807) is 0 Å². The third kappa shape index (κ3) is 5.00. The van der Waals surface area contributed by atoms with Gasteiger partial charge in [-0.15, -0.1) is 0 Å². The van der Waals surface area contributed by atoms with Crippen LogP contribution in [0, 0.1) is 0 Å². The van der Waals surface area contributed by atoms with Gasteiger partial charge in [0, 0.05) is 0 Å². The Bertz CT molecular complexity index is 379. The summed E-state index contributed by atoms with van der Waals surface area (Å²) in [5.74, 6) is -1.49. The van der Waals surface area contributed by atoms with Crippen LogP contribution in [0.2, 0.25) is 0 Å². The summed E-state index contributed by atoms with van der Waals surface area (Å²) in [5, 5.41) is 17.6. The zero-order valence-electron chi connectivity index (χ0n) is 9.37. The molecule has 0 aromatic rings. The number of carboxylic acid groups (broad SMARTS) is 2. The van der Waals surface area contributed by atoms with E-state index in [0.29, 0.717) is 25.6 Å². The van der Waals surface area contributed by atoms with Gasteiger partial charge in [0.05, 0.1) is 6.26 Å². The second-order valence-corrected chi connectivity index (χ2v) is 5.34. The van der Waals surface area contributed by atoms with Gasteiger partial charge < -0.3 is 15.9 Å². The van der Waals surface area contributed by atoms with E-state index in [9.17, 15) is 18.0 Å². The summed E-state index contributed by atoms with van der Waals surface area (Å²) in [5.41, 5.74) is 5.22. The number of rotatable bonds is 7. The van der Waals surface area contributed by atoms with Crippen molar-refractivity contribution in [1.82, 2.24) is 4.31 Å². The van der Waals surface area contributed by atoms with Gasteiger partial charge in [0.2, 0.25) is 10.0 Å². The number of carboxylic acids is 1. The second-order valence-electron chi connectivity index (χ2n) is 3.48. The predicted octanol–water partition coefficient (Wildman–Crippen LogP) is -0.492. The number of aliphatic carboxylic acids is 1. The van der Waals surface area contributed by atoms with Gasteiger partial charge in [-0.05, 0) is 25.8 Å². The standard InChI is InChI=1S/C8H16N2O6S/c1-17(15,16)10(8(13)14)6(7(11)12)4-2-3-5-9/h6H,2-5,9H2,1H3,(H,11,12)(H,13,14)/t6-/m0/s1. The Kier molecular flexibility index (Phi) is 5.89. The summed E-state index contributed by atoms with van der Waals surface area (Å²) < 4.78 is 22.4. The molecule has 0 rings (SSSR count). The number of nitrogens with zero attached hydrogens (tertiary/aromatic N) is 1. The quantitative estimate of drug-likeness (QED) is 0.529. The third-order valence-electron chi connectivity index (χ3n) is 2.05. The second kappa shape index (κ2) is 6.40. The molecule has 0 aromatic heterocycles. The molecule has 0 fully saturated rings. The molecule has 0 spiro atoms. The van der Waals surface area contributed by atoms with Crippen LogP contribution in [0.1, 0.15) is 19.3 Å². The highest BCUT2D eigenvalue weighted by molar-refractivity contribution is 7.88. The van der Waals surface area contributed by atoms with Crippen LogP contribution in [-0.2, 0) is 14.8 Å². The lowest BCUT2D eigenvalue weighted by atomic mass is 10.1. The smallest absolute Gasteiger partial charge is 0.421 e. The van der Waals surface area contributed by atoms with Crippen molar-refractivity contribution >= 4 is 22.1 Å². The first kappa shape index (κ1) is 15.7. The molecule has 17 heavy (non-hydrogen) atoms. The van der Waals surface area contributed by atoms with Crippen LogP contribution in [0.3, 0.4) is 0 Å². The maximum Gasteiger partial charge on any atom is 0.421 e. The number of nitrogens with two attached hydrogens (primary N) is 1. The van der Waals surface area contributed by atoms with Crippen molar-refractivity contribution in [2.75, 3.05) is 12.8 Å². The molecule has 0 heterocycles. The van der Waals surface area contributed by atoms with E-state index in [1.165, 1.54) is 0 Å². The lowest BCUT2D eigenvalue weighted by Crippen LogP contribution is -2.47. The molecule has 4 N–H and O–H groups in total. The van der Waals surface area contributed by atoms with Gasteiger partial charge in [-0.2, -0.15) is 4.31 Å². The van der Waals surface area contributed by atoms with Gasteiger partial charge >= 0.3 is 12.1 Å². The SMILES string of the molecule is CS(=O)(=O)N(C(=O)O)[C@@H](CCCCN)C(=O)O. The minimum Gasteiger partial charge on any atom is -0.480 e. The van der Waals surface area contributed by atoms with Crippen molar-refractivity contribution in [3.05, 3.63) is 0 Å². The van der Waals surface area contributed by atoms with E-state index in [1.807, 2.05) is 0 Å². The van der Waals surface area contributed by atoms with Crippen LogP contribution in [0.4, 0.5) is 4.79 Å². The summed E-state index contributed by atoms with van der Waals surface area (Å²) in [6.07, 6.45) is -0.396. The Morgan fingerprint density at radius 1 is 1.29 bits per heavy atom. The summed E-state index contributed by atoms with van der Waals surface area (Å²) in [7, 11) is -4.12. The zero-order valence-corrected chi connectivity index (χ0v) is 10.2. The molecule has 0 aromatic carbocycles. The number of amides is 1. The minimum atomic E-state index is -4.12. The fourth-order valence-corrected chi connectivity index (χ4v) is 2.27. The van der Waals surface area contributed by atoms with E-state index in [4.69, 9.17) is 15.9 Å². The van der Waals surface area contributed by atoms with Crippen molar-refractivity contribution in [2.24, 2.45) is 5.73 Å². The van der Waals surface area contributed by atoms with Gasteiger partial charge in [-0.25, -0.2) is 18.0 Å². The highest BCUT2D eigenvalue weighted by atomic mass is 32.2. The summed E-state index contributed by atoms with van der Waals surface area (Å²) in [4.78, 5) is 21.7. The van der Waals surface area contributed by atoms with Crippen molar-refractivity contribution in [3.63, 3.8) is 0 Å². The van der Waals surface area contributed by atoms with Gasteiger partial charge in [0.25, 0.3) is 0 Å². The van der Waals surface area contributed by atoms with Crippen molar-refractivity contribution in [1.29, 1.82) is 0 Å². The number of hydrogen-bond donors (Lipinski definition) is 3. The first-order valence-electron chi connectivity index (χ1n) is 4.87. The topological polar surface area (TPSA) is 138 Å². The number of hydrogen-bond acceptors (Lipinski definition) is 5. The summed E-state index contributed by atoms with van der Waals surface area (Å²) in [6.45, 7) is 0.332. The fraction of sp³-hybridized carbons (Fsp3) is 0.750. The molecule has 0 radical (unpaired) electrons. The van der Waals surface area contributed by atoms with Gasteiger partial charge in [0.1, 0.15) is 6.04 Å². The van der Waals surface area contributed by atoms with Crippen LogP contribution >= 0.6 is 0 Å². The molecule has 0 aliphatic carbocycles. The molecule has 0 saturated heterocycles. The molecule has 9 heteroatoms. The Balaban J connectivity index is 4.99. The van der Waals surface area contributed by atoms with Crippen LogP contribution in [-0.4, -0.2) is 53.8 Å². The normalized spacial score (nSPS) is 13.1. The van der Waals surface area contributed by atoms with Gasteiger partial charge in [-0.1, -0.05) is 0 Å². The third-order valence-corrected chi connectivity index (χ3v) is 3.17. The Hall–Kier alpha value is -1.35. The summed E-state index contributed by atoms with van der Waals surface area (Å²) in [6, 6.07) is -1.60.